The monoisotopic (exact) mass is 650 g/mol. The second-order valence-corrected chi connectivity index (χ2v) is 22.5. The molecule has 3 atom stereocenters. The zero-order valence-electron chi connectivity index (χ0n) is 29.5. The van der Waals surface area contributed by atoms with Gasteiger partial charge in [0, 0.05) is 12.3 Å². The van der Waals surface area contributed by atoms with Crippen LogP contribution in [-0.4, -0.2) is 28.5 Å². The number of hydrogen-bond acceptors (Lipinski definition) is 4. The minimum Gasteiger partial charge on any atom is -0.546 e. The Bertz CT molecular complexity index is 1140. The SMILES string of the molecule is CCCCCC/C=C(\O[Si](CC)(CC)CC)C1C(O[Si](CC)(CC)CC)CC(=O)C1Cc1ccc(OCc2ccccc2)cc1. The van der Waals surface area contributed by atoms with Crippen molar-refractivity contribution in [2.45, 2.75) is 142 Å². The molecule has 2 aromatic carbocycles. The molecule has 0 radical (unpaired) electrons. The van der Waals surface area contributed by atoms with E-state index in [2.05, 4.69) is 78.8 Å². The van der Waals surface area contributed by atoms with E-state index in [1.807, 2.05) is 30.3 Å². The van der Waals surface area contributed by atoms with Crippen molar-refractivity contribution in [2.24, 2.45) is 11.8 Å². The molecular formula is C39H62O4Si2. The van der Waals surface area contributed by atoms with Crippen LogP contribution in [0.4, 0.5) is 0 Å². The van der Waals surface area contributed by atoms with Gasteiger partial charge in [0.25, 0.3) is 0 Å². The number of Topliss-reactive ketones (excluding diaryl/α,β-unsaturated/α-hetero) is 1. The van der Waals surface area contributed by atoms with Gasteiger partial charge in [0.2, 0.25) is 8.32 Å². The first kappa shape index (κ1) is 37.3. The lowest BCUT2D eigenvalue weighted by Gasteiger charge is -2.39. The van der Waals surface area contributed by atoms with E-state index in [-0.39, 0.29) is 17.9 Å². The molecule has 1 aliphatic rings. The molecule has 0 bridgehead atoms. The number of carbonyl (C=O) groups excluding carboxylic acids is 1. The van der Waals surface area contributed by atoms with Gasteiger partial charge in [0.05, 0.1) is 17.8 Å². The van der Waals surface area contributed by atoms with Crippen molar-refractivity contribution >= 4 is 22.4 Å². The molecule has 0 amide bonds. The molecule has 250 valence electrons. The summed E-state index contributed by atoms with van der Waals surface area (Å²) in [6.07, 6.45) is 9.40. The van der Waals surface area contributed by atoms with Crippen molar-refractivity contribution in [3.05, 3.63) is 77.6 Å². The summed E-state index contributed by atoms with van der Waals surface area (Å²) in [5, 5.41) is 0. The predicted molar refractivity (Wildman–Crippen MR) is 195 cm³/mol. The van der Waals surface area contributed by atoms with Crippen molar-refractivity contribution in [1.29, 1.82) is 0 Å². The van der Waals surface area contributed by atoms with Crippen molar-refractivity contribution in [2.75, 3.05) is 0 Å². The van der Waals surface area contributed by atoms with Crippen LogP contribution in [0.2, 0.25) is 36.3 Å². The topological polar surface area (TPSA) is 44.8 Å². The van der Waals surface area contributed by atoms with E-state index in [1.54, 1.807) is 0 Å². The van der Waals surface area contributed by atoms with Gasteiger partial charge < -0.3 is 13.6 Å². The molecule has 0 aromatic heterocycles. The molecule has 3 unspecified atom stereocenters. The van der Waals surface area contributed by atoms with Crippen molar-refractivity contribution in [3.8, 4) is 5.75 Å². The summed E-state index contributed by atoms with van der Waals surface area (Å²) in [7, 11) is -3.90. The lowest BCUT2D eigenvalue weighted by Crippen LogP contribution is -2.44. The van der Waals surface area contributed by atoms with E-state index >= 15 is 0 Å². The molecule has 6 heteroatoms. The lowest BCUT2D eigenvalue weighted by atomic mass is 9.86. The molecule has 45 heavy (non-hydrogen) atoms. The number of ether oxygens (including phenoxy) is 1. The second kappa shape index (κ2) is 18.9. The Kier molecular flexibility index (Phi) is 15.6. The van der Waals surface area contributed by atoms with Gasteiger partial charge in [-0.25, -0.2) is 0 Å². The first-order valence-electron chi connectivity index (χ1n) is 18.2. The maximum atomic E-state index is 14.0. The number of ketones is 1. The van der Waals surface area contributed by atoms with E-state index in [1.165, 1.54) is 31.2 Å². The summed E-state index contributed by atoms with van der Waals surface area (Å²) >= 11 is 0. The Hall–Kier alpha value is -2.16. The number of benzene rings is 2. The van der Waals surface area contributed by atoms with E-state index in [0.717, 1.165) is 59.8 Å². The Morgan fingerprint density at radius 2 is 1.38 bits per heavy atom. The van der Waals surface area contributed by atoms with Gasteiger partial charge in [-0.05, 0) is 84.9 Å². The molecule has 0 aliphatic heterocycles. The molecule has 0 N–H and O–H groups in total. The van der Waals surface area contributed by atoms with E-state index in [0.29, 0.717) is 25.2 Å². The van der Waals surface area contributed by atoms with Crippen LogP contribution in [0.3, 0.4) is 0 Å². The van der Waals surface area contributed by atoms with Gasteiger partial charge >= 0.3 is 0 Å². The molecule has 3 rings (SSSR count). The molecule has 0 heterocycles. The average Bonchev–Trinajstić information content (AvgIpc) is 3.38. The van der Waals surface area contributed by atoms with Crippen molar-refractivity contribution in [3.63, 3.8) is 0 Å². The molecule has 4 nitrogen and oxygen atoms in total. The number of carbonyl (C=O) groups is 1. The fourth-order valence-corrected chi connectivity index (χ4v) is 12.5. The zero-order chi connectivity index (χ0) is 32.7. The number of allylic oxidation sites excluding steroid dienone is 1. The molecule has 1 saturated carbocycles. The Labute approximate surface area is 277 Å². The fourth-order valence-electron chi connectivity index (χ4n) is 6.99. The standard InChI is InChI=1S/C39H62O4Si2/c1-8-15-16-17-21-24-37(42-44(9-2,10-3)11-4)39-35(36(40)30-38(39)43-45(12-5,13-6)14-7)29-32-25-27-34(28-26-32)41-31-33-22-19-18-20-23-33/h18-20,22-28,35,38-39H,8-17,21,29-31H2,1-7H3/b37-24-. The summed E-state index contributed by atoms with van der Waals surface area (Å²) in [6, 6.07) is 25.1. The normalized spacial score (nSPS) is 19.2. The summed E-state index contributed by atoms with van der Waals surface area (Å²) in [4.78, 5) is 14.0. The van der Waals surface area contributed by atoms with Crippen LogP contribution >= 0.6 is 0 Å². The summed E-state index contributed by atoms with van der Waals surface area (Å²) in [6.45, 7) is 16.6. The van der Waals surface area contributed by atoms with Crippen LogP contribution in [0.5, 0.6) is 5.75 Å². The van der Waals surface area contributed by atoms with E-state index in [9.17, 15) is 4.79 Å². The number of rotatable bonds is 21. The molecule has 1 fully saturated rings. The van der Waals surface area contributed by atoms with Crippen LogP contribution in [0.15, 0.2) is 66.4 Å². The Morgan fingerprint density at radius 3 is 1.96 bits per heavy atom. The smallest absolute Gasteiger partial charge is 0.250 e. The first-order valence-corrected chi connectivity index (χ1v) is 23.2. The highest BCUT2D eigenvalue weighted by atomic mass is 28.4. The zero-order valence-corrected chi connectivity index (χ0v) is 31.5. The van der Waals surface area contributed by atoms with Gasteiger partial charge in [0.1, 0.15) is 18.1 Å². The van der Waals surface area contributed by atoms with Crippen LogP contribution in [0.1, 0.15) is 98.1 Å². The van der Waals surface area contributed by atoms with Crippen LogP contribution < -0.4 is 4.74 Å². The third-order valence-corrected chi connectivity index (χ3v) is 19.8. The lowest BCUT2D eigenvalue weighted by molar-refractivity contribution is -0.121. The maximum absolute atomic E-state index is 14.0. The summed E-state index contributed by atoms with van der Waals surface area (Å²) in [5.74, 6) is 2.10. The molecular weight excluding hydrogens is 589 g/mol. The first-order chi connectivity index (χ1) is 21.8. The highest BCUT2D eigenvalue weighted by Gasteiger charge is 2.49. The minimum atomic E-state index is -1.97. The Morgan fingerprint density at radius 1 is 0.756 bits per heavy atom. The third-order valence-electron chi connectivity index (χ3n) is 10.6. The maximum Gasteiger partial charge on any atom is 0.250 e. The molecule has 0 spiro atoms. The van der Waals surface area contributed by atoms with Crippen molar-refractivity contribution < 1.29 is 18.4 Å². The van der Waals surface area contributed by atoms with Gasteiger partial charge in [-0.2, -0.15) is 0 Å². The van der Waals surface area contributed by atoms with Gasteiger partial charge in [-0.15, -0.1) is 0 Å². The third kappa shape index (κ3) is 10.4. The van der Waals surface area contributed by atoms with Crippen LogP contribution in [-0.2, 0) is 26.7 Å². The van der Waals surface area contributed by atoms with Crippen molar-refractivity contribution in [1.82, 2.24) is 0 Å². The van der Waals surface area contributed by atoms with Gasteiger partial charge in [-0.3, -0.25) is 4.79 Å². The minimum absolute atomic E-state index is 0.0225. The van der Waals surface area contributed by atoms with Crippen LogP contribution in [0.25, 0.3) is 0 Å². The highest BCUT2D eigenvalue weighted by Crippen LogP contribution is 2.44. The molecule has 1 aliphatic carbocycles. The van der Waals surface area contributed by atoms with E-state index < -0.39 is 16.6 Å². The highest BCUT2D eigenvalue weighted by molar-refractivity contribution is 6.74. The molecule has 0 saturated heterocycles. The Balaban J connectivity index is 1.94. The number of unbranched alkanes of at least 4 members (excludes halogenated alkanes) is 4. The summed E-state index contributed by atoms with van der Waals surface area (Å²) < 4.78 is 20.6. The quantitative estimate of drug-likeness (QED) is 0.0766. The molecule has 2 aromatic rings. The average molecular weight is 651 g/mol. The van der Waals surface area contributed by atoms with E-state index in [4.69, 9.17) is 13.6 Å². The van der Waals surface area contributed by atoms with Gasteiger partial charge in [-0.1, -0.05) is 110 Å². The van der Waals surface area contributed by atoms with Gasteiger partial charge in [0.15, 0.2) is 8.32 Å². The number of hydrogen-bond donors (Lipinski definition) is 0. The summed E-state index contributed by atoms with van der Waals surface area (Å²) in [5.41, 5.74) is 2.32. The fraction of sp³-hybridized carbons (Fsp3) is 0.615. The second-order valence-electron chi connectivity index (χ2n) is 13.1. The largest absolute Gasteiger partial charge is 0.546 e. The predicted octanol–water partition coefficient (Wildman–Crippen LogP) is 11.3. The van der Waals surface area contributed by atoms with Crippen LogP contribution in [0, 0.1) is 11.8 Å².